The molecule has 7 heteroatoms. The van der Waals surface area contributed by atoms with Crippen molar-refractivity contribution in [2.75, 3.05) is 18.4 Å². The number of carbonyl (C=O) groups is 3. The van der Waals surface area contributed by atoms with Gasteiger partial charge in [-0.15, -0.1) is 0 Å². The first-order valence-electron chi connectivity index (χ1n) is 9.20. The average molecular weight is 381 g/mol. The van der Waals surface area contributed by atoms with Crippen LogP contribution in [-0.2, 0) is 4.79 Å². The molecule has 0 spiro atoms. The van der Waals surface area contributed by atoms with Crippen molar-refractivity contribution in [3.8, 4) is 5.75 Å². The van der Waals surface area contributed by atoms with Gasteiger partial charge in [-0.05, 0) is 43.2 Å². The minimum absolute atomic E-state index is 0.0259. The van der Waals surface area contributed by atoms with Crippen LogP contribution in [0.25, 0.3) is 0 Å². The van der Waals surface area contributed by atoms with Crippen LogP contribution < -0.4 is 10.6 Å². The van der Waals surface area contributed by atoms with Crippen LogP contribution in [0.5, 0.6) is 5.75 Å². The first kappa shape index (κ1) is 19.4. The molecule has 1 aliphatic rings. The Hall–Kier alpha value is -3.35. The number of anilines is 1. The molecule has 146 valence electrons. The summed E-state index contributed by atoms with van der Waals surface area (Å²) in [5.74, 6) is -0.635. The van der Waals surface area contributed by atoms with E-state index in [0.29, 0.717) is 42.7 Å². The zero-order chi connectivity index (χ0) is 20.1. The highest BCUT2D eigenvalue weighted by molar-refractivity contribution is 5.97. The van der Waals surface area contributed by atoms with Crippen LogP contribution >= 0.6 is 0 Å². The third-order valence-corrected chi connectivity index (χ3v) is 4.70. The maximum atomic E-state index is 12.5. The monoisotopic (exact) mass is 381 g/mol. The fourth-order valence-electron chi connectivity index (χ4n) is 3.26. The summed E-state index contributed by atoms with van der Waals surface area (Å²) < 4.78 is 0. The zero-order valence-electron chi connectivity index (χ0n) is 15.6. The highest BCUT2D eigenvalue weighted by Crippen LogP contribution is 2.21. The molecule has 0 aromatic heterocycles. The molecule has 2 aromatic carbocycles. The second-order valence-corrected chi connectivity index (χ2v) is 6.82. The molecule has 2 aromatic rings. The van der Waals surface area contributed by atoms with Gasteiger partial charge in [-0.2, -0.15) is 0 Å². The van der Waals surface area contributed by atoms with Gasteiger partial charge in [-0.1, -0.05) is 18.2 Å². The number of hydrogen-bond acceptors (Lipinski definition) is 4. The molecule has 0 bridgehead atoms. The SMILES string of the molecule is CC(=O)Nc1cccc(C(=O)NC2CCN(C(=O)c3ccccc3O)CC2)c1. The predicted molar refractivity (Wildman–Crippen MR) is 105 cm³/mol. The van der Waals surface area contributed by atoms with Gasteiger partial charge in [0.15, 0.2) is 0 Å². The van der Waals surface area contributed by atoms with Crippen LogP contribution in [0.3, 0.4) is 0 Å². The van der Waals surface area contributed by atoms with Gasteiger partial charge in [-0.25, -0.2) is 0 Å². The van der Waals surface area contributed by atoms with Crippen LogP contribution in [0.15, 0.2) is 48.5 Å². The number of carbonyl (C=O) groups excluding carboxylic acids is 3. The summed E-state index contributed by atoms with van der Waals surface area (Å²) in [5.41, 5.74) is 1.34. The van der Waals surface area contributed by atoms with Crippen molar-refractivity contribution in [2.24, 2.45) is 0 Å². The Morgan fingerprint density at radius 2 is 1.75 bits per heavy atom. The summed E-state index contributed by atoms with van der Waals surface area (Å²) in [7, 11) is 0. The van der Waals surface area contributed by atoms with E-state index in [4.69, 9.17) is 0 Å². The maximum absolute atomic E-state index is 12.5. The smallest absolute Gasteiger partial charge is 0.257 e. The minimum Gasteiger partial charge on any atom is -0.507 e. The van der Waals surface area contributed by atoms with Crippen LogP contribution in [-0.4, -0.2) is 46.9 Å². The number of likely N-dealkylation sites (tertiary alicyclic amines) is 1. The maximum Gasteiger partial charge on any atom is 0.257 e. The van der Waals surface area contributed by atoms with Crippen LogP contribution in [0.1, 0.15) is 40.5 Å². The summed E-state index contributed by atoms with van der Waals surface area (Å²) in [6.07, 6.45) is 1.27. The molecular formula is C21H23N3O4. The third kappa shape index (κ3) is 4.68. The fourth-order valence-corrected chi connectivity index (χ4v) is 3.26. The summed E-state index contributed by atoms with van der Waals surface area (Å²) in [6.45, 7) is 2.42. The molecule has 3 N–H and O–H groups in total. The first-order valence-corrected chi connectivity index (χ1v) is 9.20. The van der Waals surface area contributed by atoms with E-state index in [2.05, 4.69) is 10.6 Å². The van der Waals surface area contributed by atoms with Gasteiger partial charge in [0.25, 0.3) is 11.8 Å². The molecular weight excluding hydrogens is 358 g/mol. The standard InChI is InChI=1S/C21H23N3O4/c1-14(25)22-17-6-4-5-15(13-17)20(27)23-16-9-11-24(12-10-16)21(28)18-7-2-3-8-19(18)26/h2-8,13,16,26H,9-12H2,1H3,(H,22,25)(H,23,27). The number of para-hydroxylation sites is 1. The lowest BCUT2D eigenvalue weighted by Gasteiger charge is -2.32. The van der Waals surface area contributed by atoms with E-state index in [9.17, 15) is 19.5 Å². The summed E-state index contributed by atoms with van der Waals surface area (Å²) in [5, 5.41) is 15.5. The lowest BCUT2D eigenvalue weighted by Crippen LogP contribution is -2.46. The van der Waals surface area contributed by atoms with Crippen LogP contribution in [0, 0.1) is 0 Å². The quantitative estimate of drug-likeness (QED) is 0.757. The number of amides is 3. The van der Waals surface area contributed by atoms with E-state index in [-0.39, 0.29) is 29.5 Å². The molecule has 1 heterocycles. The van der Waals surface area contributed by atoms with Gasteiger partial charge < -0.3 is 20.6 Å². The van der Waals surface area contributed by atoms with Crippen molar-refractivity contribution < 1.29 is 19.5 Å². The largest absolute Gasteiger partial charge is 0.507 e. The van der Waals surface area contributed by atoms with Gasteiger partial charge in [-0.3, -0.25) is 14.4 Å². The third-order valence-electron chi connectivity index (χ3n) is 4.70. The van der Waals surface area contributed by atoms with Crippen LogP contribution in [0.2, 0.25) is 0 Å². The van der Waals surface area contributed by atoms with Crippen molar-refractivity contribution in [2.45, 2.75) is 25.8 Å². The molecule has 1 aliphatic heterocycles. The number of phenols is 1. The van der Waals surface area contributed by atoms with Gasteiger partial charge >= 0.3 is 0 Å². The average Bonchev–Trinajstić information content (AvgIpc) is 2.68. The number of nitrogens with one attached hydrogen (secondary N) is 2. The minimum atomic E-state index is -0.210. The van der Waals surface area contributed by atoms with Gasteiger partial charge in [0.2, 0.25) is 5.91 Å². The lowest BCUT2D eigenvalue weighted by atomic mass is 10.0. The summed E-state index contributed by atoms with van der Waals surface area (Å²) in [4.78, 5) is 37.9. The van der Waals surface area contributed by atoms with Crippen molar-refractivity contribution >= 4 is 23.4 Å². The highest BCUT2D eigenvalue weighted by atomic mass is 16.3. The number of hydrogen-bond donors (Lipinski definition) is 3. The molecule has 7 nitrogen and oxygen atoms in total. The Bertz CT molecular complexity index is 889. The lowest BCUT2D eigenvalue weighted by molar-refractivity contribution is -0.114. The van der Waals surface area contributed by atoms with Crippen molar-refractivity contribution in [3.05, 3.63) is 59.7 Å². The Labute approximate surface area is 163 Å². The fraction of sp³-hybridized carbons (Fsp3) is 0.286. The number of benzene rings is 2. The Morgan fingerprint density at radius 3 is 2.43 bits per heavy atom. The van der Waals surface area contributed by atoms with Gasteiger partial charge in [0.05, 0.1) is 5.56 Å². The molecule has 3 amide bonds. The van der Waals surface area contributed by atoms with Gasteiger partial charge in [0, 0.05) is 37.3 Å². The van der Waals surface area contributed by atoms with E-state index in [0.717, 1.165) is 0 Å². The van der Waals surface area contributed by atoms with E-state index < -0.39 is 0 Å². The van der Waals surface area contributed by atoms with Crippen LogP contribution in [0.4, 0.5) is 5.69 Å². The van der Waals surface area contributed by atoms with E-state index in [1.54, 1.807) is 47.4 Å². The number of piperidine rings is 1. The van der Waals surface area contributed by atoms with Gasteiger partial charge in [0.1, 0.15) is 5.75 Å². The second kappa shape index (κ2) is 8.56. The Morgan fingerprint density at radius 1 is 1.04 bits per heavy atom. The zero-order valence-corrected chi connectivity index (χ0v) is 15.6. The summed E-state index contributed by atoms with van der Waals surface area (Å²) in [6, 6.07) is 13.2. The molecule has 0 atom stereocenters. The number of rotatable bonds is 4. The molecule has 0 saturated carbocycles. The Kier molecular flexibility index (Phi) is 5.93. The normalized spacial score (nSPS) is 14.4. The molecule has 0 unspecified atom stereocenters. The first-order chi connectivity index (χ1) is 13.4. The molecule has 3 rings (SSSR count). The van der Waals surface area contributed by atoms with Crippen molar-refractivity contribution in [1.29, 1.82) is 0 Å². The topological polar surface area (TPSA) is 98.7 Å². The van der Waals surface area contributed by atoms with E-state index in [1.807, 2.05) is 0 Å². The molecule has 0 aliphatic carbocycles. The van der Waals surface area contributed by atoms with Crippen molar-refractivity contribution in [3.63, 3.8) is 0 Å². The molecule has 1 saturated heterocycles. The molecule has 1 fully saturated rings. The van der Waals surface area contributed by atoms with E-state index >= 15 is 0 Å². The molecule has 28 heavy (non-hydrogen) atoms. The number of nitrogens with zero attached hydrogens (tertiary/aromatic N) is 1. The summed E-state index contributed by atoms with van der Waals surface area (Å²) >= 11 is 0. The molecule has 0 radical (unpaired) electrons. The Balaban J connectivity index is 1.55. The highest BCUT2D eigenvalue weighted by Gasteiger charge is 2.26. The van der Waals surface area contributed by atoms with Crippen molar-refractivity contribution in [1.82, 2.24) is 10.2 Å². The number of phenolic OH excluding ortho intramolecular Hbond substituents is 1. The van der Waals surface area contributed by atoms with E-state index in [1.165, 1.54) is 13.0 Å². The second-order valence-electron chi connectivity index (χ2n) is 6.82. The predicted octanol–water partition coefficient (Wildman–Crippen LogP) is 2.39. The number of aromatic hydroxyl groups is 1.